The van der Waals surface area contributed by atoms with Gasteiger partial charge in [0.25, 0.3) is 5.91 Å². The smallest absolute Gasteiger partial charge is 0.256 e. The second-order valence-electron chi connectivity index (χ2n) is 5.31. The number of carbonyl (C=O) groups excluding carboxylic acids is 1. The third-order valence-corrected chi connectivity index (χ3v) is 3.42. The van der Waals surface area contributed by atoms with Gasteiger partial charge in [-0.3, -0.25) is 4.79 Å². The van der Waals surface area contributed by atoms with Crippen LogP contribution in [0.2, 0.25) is 0 Å². The molecule has 0 bridgehead atoms. The standard InChI is InChI=1S/C19H19N3O2/c1-2-13-24-17-10-6-7-15(14-17)19(23)20-18-11-12-22(21-18)16-8-4-3-5-9-16/h3-12,14H,2,13H2,1H3,(H,20,21,23). The van der Waals surface area contributed by atoms with E-state index in [-0.39, 0.29) is 5.91 Å². The number of anilines is 1. The first kappa shape index (κ1) is 15.8. The van der Waals surface area contributed by atoms with Crippen molar-refractivity contribution >= 4 is 11.7 Å². The number of carbonyl (C=O) groups is 1. The van der Waals surface area contributed by atoms with Crippen molar-refractivity contribution in [2.45, 2.75) is 13.3 Å². The van der Waals surface area contributed by atoms with Crippen LogP contribution in [0.15, 0.2) is 66.9 Å². The number of aromatic nitrogens is 2. The summed E-state index contributed by atoms with van der Waals surface area (Å²) in [6.07, 6.45) is 2.74. The van der Waals surface area contributed by atoms with Gasteiger partial charge in [0, 0.05) is 17.8 Å². The Balaban J connectivity index is 1.70. The summed E-state index contributed by atoms with van der Waals surface area (Å²) in [5, 5.41) is 7.18. The first-order chi connectivity index (χ1) is 11.8. The third-order valence-electron chi connectivity index (χ3n) is 3.42. The Morgan fingerprint density at radius 2 is 1.96 bits per heavy atom. The molecular weight excluding hydrogens is 302 g/mol. The van der Waals surface area contributed by atoms with Gasteiger partial charge in [-0.2, -0.15) is 5.10 Å². The van der Waals surface area contributed by atoms with Crippen LogP contribution in [0, 0.1) is 0 Å². The number of ether oxygens (including phenoxy) is 1. The Kier molecular flexibility index (Phi) is 4.91. The summed E-state index contributed by atoms with van der Waals surface area (Å²) < 4.78 is 7.28. The Bertz CT molecular complexity index is 812. The van der Waals surface area contributed by atoms with E-state index in [1.807, 2.05) is 55.6 Å². The number of amides is 1. The lowest BCUT2D eigenvalue weighted by Gasteiger charge is -2.07. The molecule has 122 valence electrons. The maximum Gasteiger partial charge on any atom is 0.256 e. The van der Waals surface area contributed by atoms with Crippen molar-refractivity contribution in [3.63, 3.8) is 0 Å². The van der Waals surface area contributed by atoms with Gasteiger partial charge in [-0.05, 0) is 36.8 Å². The SMILES string of the molecule is CCCOc1cccc(C(=O)Nc2ccn(-c3ccccc3)n2)c1. The van der Waals surface area contributed by atoms with Crippen LogP contribution in [0.1, 0.15) is 23.7 Å². The van der Waals surface area contributed by atoms with Crippen molar-refractivity contribution < 1.29 is 9.53 Å². The fourth-order valence-electron chi connectivity index (χ4n) is 2.25. The molecule has 1 aromatic heterocycles. The van der Waals surface area contributed by atoms with Crippen molar-refractivity contribution in [1.29, 1.82) is 0 Å². The van der Waals surface area contributed by atoms with Crippen LogP contribution in [-0.4, -0.2) is 22.3 Å². The molecule has 1 N–H and O–H groups in total. The molecule has 1 heterocycles. The van der Waals surface area contributed by atoms with Crippen LogP contribution in [0.4, 0.5) is 5.82 Å². The lowest BCUT2D eigenvalue weighted by atomic mass is 10.2. The lowest BCUT2D eigenvalue weighted by molar-refractivity contribution is 0.102. The molecule has 0 atom stereocenters. The number of hydrogen-bond donors (Lipinski definition) is 1. The summed E-state index contributed by atoms with van der Waals surface area (Å²) in [7, 11) is 0. The molecule has 0 spiro atoms. The van der Waals surface area contributed by atoms with Crippen molar-refractivity contribution in [3.05, 3.63) is 72.4 Å². The van der Waals surface area contributed by atoms with Gasteiger partial charge in [0.15, 0.2) is 5.82 Å². The Morgan fingerprint density at radius 1 is 1.12 bits per heavy atom. The first-order valence-electron chi connectivity index (χ1n) is 7.91. The zero-order valence-electron chi connectivity index (χ0n) is 13.5. The zero-order chi connectivity index (χ0) is 16.8. The number of nitrogens with one attached hydrogen (secondary N) is 1. The highest BCUT2D eigenvalue weighted by Crippen LogP contribution is 2.16. The highest BCUT2D eigenvalue weighted by molar-refractivity contribution is 6.03. The average molecular weight is 321 g/mol. The topological polar surface area (TPSA) is 56.1 Å². The van der Waals surface area contributed by atoms with Gasteiger partial charge in [-0.25, -0.2) is 4.68 Å². The molecule has 0 fully saturated rings. The van der Waals surface area contributed by atoms with E-state index in [0.717, 1.165) is 12.1 Å². The number of hydrogen-bond acceptors (Lipinski definition) is 3. The Morgan fingerprint density at radius 3 is 2.75 bits per heavy atom. The molecule has 3 rings (SSSR count). The van der Waals surface area contributed by atoms with E-state index < -0.39 is 0 Å². The van der Waals surface area contributed by atoms with E-state index in [0.29, 0.717) is 23.7 Å². The zero-order valence-corrected chi connectivity index (χ0v) is 13.5. The number of rotatable bonds is 6. The minimum Gasteiger partial charge on any atom is -0.494 e. The summed E-state index contributed by atoms with van der Waals surface area (Å²) in [6, 6.07) is 18.6. The predicted molar refractivity (Wildman–Crippen MR) is 93.7 cm³/mol. The molecule has 0 unspecified atom stereocenters. The monoisotopic (exact) mass is 321 g/mol. The van der Waals surface area contributed by atoms with Crippen LogP contribution in [0.3, 0.4) is 0 Å². The molecule has 1 amide bonds. The van der Waals surface area contributed by atoms with Crippen LogP contribution in [0.5, 0.6) is 5.75 Å². The van der Waals surface area contributed by atoms with E-state index in [4.69, 9.17) is 4.74 Å². The van der Waals surface area contributed by atoms with Crippen molar-refractivity contribution in [3.8, 4) is 11.4 Å². The second-order valence-corrected chi connectivity index (χ2v) is 5.31. The second kappa shape index (κ2) is 7.46. The van der Waals surface area contributed by atoms with Gasteiger partial charge in [-0.1, -0.05) is 31.2 Å². The summed E-state index contributed by atoms with van der Waals surface area (Å²) >= 11 is 0. The Hall–Kier alpha value is -3.08. The number of para-hydroxylation sites is 1. The normalized spacial score (nSPS) is 10.4. The highest BCUT2D eigenvalue weighted by atomic mass is 16.5. The minimum absolute atomic E-state index is 0.213. The van der Waals surface area contributed by atoms with Gasteiger partial charge in [0.1, 0.15) is 5.75 Å². The van der Waals surface area contributed by atoms with Crippen molar-refractivity contribution in [1.82, 2.24) is 9.78 Å². The molecule has 0 radical (unpaired) electrons. The number of benzene rings is 2. The maximum atomic E-state index is 12.4. The largest absolute Gasteiger partial charge is 0.494 e. The summed E-state index contributed by atoms with van der Waals surface area (Å²) in [5.74, 6) is 0.985. The fraction of sp³-hybridized carbons (Fsp3) is 0.158. The highest BCUT2D eigenvalue weighted by Gasteiger charge is 2.09. The summed E-state index contributed by atoms with van der Waals surface area (Å²) in [5.41, 5.74) is 1.48. The van der Waals surface area contributed by atoms with Gasteiger partial charge in [0.2, 0.25) is 0 Å². The van der Waals surface area contributed by atoms with Gasteiger partial charge >= 0.3 is 0 Å². The lowest BCUT2D eigenvalue weighted by Crippen LogP contribution is -2.12. The van der Waals surface area contributed by atoms with Crippen molar-refractivity contribution in [2.75, 3.05) is 11.9 Å². The summed E-state index contributed by atoms with van der Waals surface area (Å²) in [6.45, 7) is 2.67. The number of nitrogens with zero attached hydrogens (tertiary/aromatic N) is 2. The van der Waals surface area contributed by atoms with Gasteiger partial charge in [0.05, 0.1) is 12.3 Å². The van der Waals surface area contributed by atoms with E-state index in [1.54, 1.807) is 22.9 Å². The third kappa shape index (κ3) is 3.81. The molecule has 0 aliphatic carbocycles. The average Bonchev–Trinajstić information content (AvgIpc) is 3.09. The van der Waals surface area contributed by atoms with E-state index >= 15 is 0 Å². The molecule has 0 aliphatic heterocycles. The van der Waals surface area contributed by atoms with Crippen LogP contribution in [0.25, 0.3) is 5.69 Å². The molecule has 5 heteroatoms. The van der Waals surface area contributed by atoms with Crippen molar-refractivity contribution in [2.24, 2.45) is 0 Å². The van der Waals surface area contributed by atoms with Gasteiger partial charge < -0.3 is 10.1 Å². The molecule has 24 heavy (non-hydrogen) atoms. The predicted octanol–water partition coefficient (Wildman–Crippen LogP) is 3.91. The molecule has 3 aromatic rings. The quantitative estimate of drug-likeness (QED) is 0.749. The van der Waals surface area contributed by atoms with Crippen LogP contribution in [-0.2, 0) is 0 Å². The maximum absolute atomic E-state index is 12.4. The minimum atomic E-state index is -0.213. The molecule has 0 saturated carbocycles. The van der Waals surface area contributed by atoms with E-state index in [9.17, 15) is 4.79 Å². The van der Waals surface area contributed by atoms with E-state index in [2.05, 4.69) is 10.4 Å². The molecule has 0 aliphatic rings. The molecule has 2 aromatic carbocycles. The van der Waals surface area contributed by atoms with Crippen LogP contribution >= 0.6 is 0 Å². The Labute approximate surface area is 140 Å². The summed E-state index contributed by atoms with van der Waals surface area (Å²) in [4.78, 5) is 12.4. The first-order valence-corrected chi connectivity index (χ1v) is 7.91. The van der Waals surface area contributed by atoms with E-state index in [1.165, 1.54) is 0 Å². The molecule has 5 nitrogen and oxygen atoms in total. The molecular formula is C19H19N3O2. The molecule has 0 saturated heterocycles. The van der Waals surface area contributed by atoms with Gasteiger partial charge in [-0.15, -0.1) is 0 Å². The van der Waals surface area contributed by atoms with Crippen LogP contribution < -0.4 is 10.1 Å². The fourth-order valence-corrected chi connectivity index (χ4v) is 2.25.